The fourth-order valence-electron chi connectivity index (χ4n) is 2.90. The summed E-state index contributed by atoms with van der Waals surface area (Å²) in [6.45, 7) is 0. The first kappa shape index (κ1) is 22.8. The van der Waals surface area contributed by atoms with E-state index in [9.17, 15) is 9.59 Å². The normalized spacial score (nSPS) is 10.6. The minimum atomic E-state index is -0.376. The molecule has 2 N–H and O–H groups in total. The highest BCUT2D eigenvalue weighted by molar-refractivity contribution is 7.99. The monoisotopic (exact) mass is 499 g/mol. The van der Waals surface area contributed by atoms with E-state index in [0.717, 1.165) is 11.3 Å². The van der Waals surface area contributed by atoms with Crippen LogP contribution in [0.4, 0.5) is 0 Å². The molecule has 0 saturated heterocycles. The van der Waals surface area contributed by atoms with Crippen LogP contribution in [-0.4, -0.2) is 39.4 Å². The molecule has 8 nitrogen and oxygen atoms in total. The summed E-state index contributed by atoms with van der Waals surface area (Å²) in [4.78, 5) is 24.8. The van der Waals surface area contributed by atoms with E-state index in [1.807, 2.05) is 41.0 Å². The van der Waals surface area contributed by atoms with Crippen molar-refractivity contribution in [2.24, 2.45) is 0 Å². The van der Waals surface area contributed by atoms with Crippen LogP contribution in [0.3, 0.4) is 0 Å². The van der Waals surface area contributed by atoms with Gasteiger partial charge in [0.25, 0.3) is 5.91 Å². The Labute approximate surface area is 202 Å². The van der Waals surface area contributed by atoms with Crippen LogP contribution in [0.25, 0.3) is 17.1 Å². The highest BCUT2D eigenvalue weighted by Crippen LogP contribution is 2.30. The molecule has 2 amide bonds. The predicted octanol–water partition coefficient (Wildman–Crippen LogP) is 4.21. The lowest BCUT2D eigenvalue weighted by atomic mass is 10.2. The van der Waals surface area contributed by atoms with Gasteiger partial charge < -0.3 is 4.74 Å². The van der Waals surface area contributed by atoms with Crippen molar-refractivity contribution in [3.63, 3.8) is 0 Å². The molecule has 4 rings (SSSR count). The van der Waals surface area contributed by atoms with Crippen molar-refractivity contribution in [3.05, 3.63) is 75.9 Å². The van der Waals surface area contributed by atoms with Crippen molar-refractivity contribution in [1.82, 2.24) is 25.6 Å². The van der Waals surface area contributed by atoms with Crippen LogP contribution in [-0.2, 0) is 4.79 Å². The number of methoxy groups -OCH3 is 1. The van der Waals surface area contributed by atoms with Crippen molar-refractivity contribution in [3.8, 4) is 22.8 Å². The summed E-state index contributed by atoms with van der Waals surface area (Å²) in [5.74, 6) is 0.555. The fourth-order valence-corrected chi connectivity index (χ4v) is 4.39. The van der Waals surface area contributed by atoms with E-state index in [1.165, 1.54) is 23.1 Å². The molecule has 0 bridgehead atoms. The number of hydrazine groups is 1. The Morgan fingerprint density at radius 2 is 1.91 bits per heavy atom. The Balaban J connectivity index is 1.53. The van der Waals surface area contributed by atoms with Gasteiger partial charge in [-0.2, -0.15) is 0 Å². The van der Waals surface area contributed by atoms with Gasteiger partial charge in [-0.1, -0.05) is 41.6 Å². The van der Waals surface area contributed by atoms with E-state index in [0.29, 0.717) is 26.6 Å². The summed E-state index contributed by atoms with van der Waals surface area (Å²) in [6, 6.07) is 18.2. The zero-order valence-electron chi connectivity index (χ0n) is 17.3. The van der Waals surface area contributed by atoms with E-state index >= 15 is 0 Å². The fraction of sp³-hybridized carbons (Fsp3) is 0.0909. The van der Waals surface area contributed by atoms with E-state index in [4.69, 9.17) is 16.3 Å². The standard InChI is InChI=1S/C22H18ClN5O3S2/c1-31-17-5-2-4-14(12-17)20-25-27-22(28(20)16-9-7-15(23)8-10-16)33-13-19(29)24-26-21(30)18-6-3-11-32-18/h2-12H,13H2,1H3,(H,24,29)(H,26,30). The van der Waals surface area contributed by atoms with Gasteiger partial charge in [0.2, 0.25) is 5.91 Å². The highest BCUT2D eigenvalue weighted by atomic mass is 35.5. The van der Waals surface area contributed by atoms with E-state index in [2.05, 4.69) is 21.0 Å². The number of thiophene rings is 1. The molecule has 0 atom stereocenters. The number of carbonyl (C=O) groups is 2. The topological polar surface area (TPSA) is 98.1 Å². The Bertz CT molecular complexity index is 1260. The number of thioether (sulfide) groups is 1. The molecule has 0 aliphatic rings. The minimum absolute atomic E-state index is 0.0224. The van der Waals surface area contributed by atoms with E-state index in [1.54, 1.807) is 36.8 Å². The van der Waals surface area contributed by atoms with Crippen LogP contribution in [0.2, 0.25) is 5.02 Å². The number of carbonyl (C=O) groups excluding carboxylic acids is 2. The molecule has 11 heteroatoms. The van der Waals surface area contributed by atoms with Crippen molar-refractivity contribution in [2.75, 3.05) is 12.9 Å². The van der Waals surface area contributed by atoms with Gasteiger partial charge in [-0.05, 0) is 47.8 Å². The van der Waals surface area contributed by atoms with Gasteiger partial charge in [0.15, 0.2) is 11.0 Å². The first-order valence-electron chi connectivity index (χ1n) is 9.66. The third kappa shape index (κ3) is 5.54. The SMILES string of the molecule is COc1cccc(-c2nnc(SCC(=O)NNC(=O)c3cccs3)n2-c2ccc(Cl)cc2)c1. The largest absolute Gasteiger partial charge is 0.497 e. The first-order chi connectivity index (χ1) is 16.0. The molecule has 2 aromatic heterocycles. The van der Waals surface area contributed by atoms with Crippen molar-refractivity contribution >= 4 is 46.5 Å². The average molecular weight is 500 g/mol. The van der Waals surface area contributed by atoms with Gasteiger partial charge in [0, 0.05) is 16.3 Å². The number of hydrogen-bond donors (Lipinski definition) is 2. The quantitative estimate of drug-likeness (QED) is 0.292. The zero-order valence-corrected chi connectivity index (χ0v) is 19.7. The Morgan fingerprint density at radius 3 is 2.64 bits per heavy atom. The molecule has 0 aliphatic carbocycles. The number of nitrogens with zero attached hydrogens (tertiary/aromatic N) is 3. The van der Waals surface area contributed by atoms with E-state index in [-0.39, 0.29) is 17.6 Å². The lowest BCUT2D eigenvalue weighted by Crippen LogP contribution is -2.42. The van der Waals surface area contributed by atoms with Crippen LogP contribution >= 0.6 is 34.7 Å². The summed E-state index contributed by atoms with van der Waals surface area (Å²) in [5.41, 5.74) is 6.41. The smallest absolute Gasteiger partial charge is 0.279 e. The molecule has 2 heterocycles. The van der Waals surface area contributed by atoms with Crippen LogP contribution < -0.4 is 15.6 Å². The molecule has 0 unspecified atom stereocenters. The molecule has 168 valence electrons. The van der Waals surface area contributed by atoms with Crippen LogP contribution in [0, 0.1) is 0 Å². The Kier molecular flexibility index (Phi) is 7.28. The van der Waals surface area contributed by atoms with E-state index < -0.39 is 0 Å². The van der Waals surface area contributed by atoms with Crippen molar-refractivity contribution in [2.45, 2.75) is 5.16 Å². The number of nitrogens with one attached hydrogen (secondary N) is 2. The Morgan fingerprint density at radius 1 is 1.09 bits per heavy atom. The summed E-state index contributed by atoms with van der Waals surface area (Å²) < 4.78 is 7.17. The lowest BCUT2D eigenvalue weighted by Gasteiger charge is -2.11. The number of benzene rings is 2. The molecule has 33 heavy (non-hydrogen) atoms. The molecule has 0 saturated carbocycles. The maximum atomic E-state index is 12.3. The van der Waals surface area contributed by atoms with Crippen molar-refractivity contribution in [1.29, 1.82) is 0 Å². The molecule has 0 aliphatic heterocycles. The second kappa shape index (κ2) is 10.5. The summed E-state index contributed by atoms with van der Waals surface area (Å²) in [7, 11) is 1.60. The summed E-state index contributed by atoms with van der Waals surface area (Å²) in [5, 5.41) is 11.5. The number of ether oxygens (including phenoxy) is 1. The molecular weight excluding hydrogens is 482 g/mol. The van der Waals surface area contributed by atoms with Crippen molar-refractivity contribution < 1.29 is 14.3 Å². The Hall–Kier alpha value is -3.34. The predicted molar refractivity (Wildman–Crippen MR) is 129 cm³/mol. The third-order valence-electron chi connectivity index (χ3n) is 4.44. The number of amides is 2. The van der Waals surface area contributed by atoms with Crippen LogP contribution in [0.1, 0.15) is 9.67 Å². The summed E-state index contributed by atoms with van der Waals surface area (Å²) in [6.07, 6.45) is 0. The molecular formula is C22H18ClN5O3S2. The number of rotatable bonds is 7. The van der Waals surface area contributed by atoms with Gasteiger partial charge in [0.1, 0.15) is 5.75 Å². The summed E-state index contributed by atoms with van der Waals surface area (Å²) >= 11 is 8.54. The molecule has 0 spiro atoms. The zero-order chi connectivity index (χ0) is 23.2. The number of halogens is 1. The number of hydrogen-bond acceptors (Lipinski definition) is 7. The second-order valence-corrected chi connectivity index (χ2v) is 8.94. The van der Waals surface area contributed by atoms with Gasteiger partial charge in [-0.3, -0.25) is 25.0 Å². The maximum absolute atomic E-state index is 12.3. The number of aromatic nitrogens is 3. The van der Waals surface area contributed by atoms with Gasteiger partial charge in [-0.15, -0.1) is 21.5 Å². The van der Waals surface area contributed by atoms with Crippen LogP contribution in [0.15, 0.2) is 71.2 Å². The third-order valence-corrected chi connectivity index (χ3v) is 6.49. The molecule has 4 aromatic rings. The highest BCUT2D eigenvalue weighted by Gasteiger charge is 2.18. The molecule has 0 radical (unpaired) electrons. The lowest BCUT2D eigenvalue weighted by molar-refractivity contribution is -0.119. The molecule has 0 fully saturated rings. The molecule has 2 aromatic carbocycles. The average Bonchev–Trinajstić information content (AvgIpc) is 3.52. The second-order valence-electron chi connectivity index (χ2n) is 6.62. The van der Waals surface area contributed by atoms with Gasteiger partial charge >= 0.3 is 0 Å². The first-order valence-corrected chi connectivity index (χ1v) is 11.9. The van der Waals surface area contributed by atoms with Gasteiger partial charge in [0.05, 0.1) is 17.7 Å². The van der Waals surface area contributed by atoms with Crippen LogP contribution in [0.5, 0.6) is 5.75 Å². The van der Waals surface area contributed by atoms with Gasteiger partial charge in [-0.25, -0.2) is 0 Å². The minimum Gasteiger partial charge on any atom is -0.497 e. The maximum Gasteiger partial charge on any atom is 0.279 e.